The Morgan fingerprint density at radius 3 is 2.42 bits per heavy atom. The molecule has 0 atom stereocenters. The van der Waals surface area contributed by atoms with Crippen molar-refractivity contribution in [3.05, 3.63) is 114 Å². The molecule has 5 heteroatoms. The molecule has 4 nitrogen and oxygen atoms in total. The minimum absolute atomic E-state index is 0.184. The van der Waals surface area contributed by atoms with E-state index in [1.54, 1.807) is 12.1 Å². The van der Waals surface area contributed by atoms with Gasteiger partial charge in [-0.05, 0) is 59.7 Å². The SMILES string of the molecule is CC1=NN(c2ccccc2)C(=O)/C1=C/c1c(OCc2ccc(F)cc2)ccc2ccccc12. The smallest absolute Gasteiger partial charge is 0.280 e. The molecule has 1 aliphatic rings. The predicted octanol–water partition coefficient (Wildman–Crippen LogP) is 6.36. The van der Waals surface area contributed by atoms with E-state index in [9.17, 15) is 9.18 Å². The molecular weight excluding hydrogens is 415 g/mol. The number of carbonyl (C=O) groups excluding carboxylic acids is 1. The van der Waals surface area contributed by atoms with Crippen molar-refractivity contribution >= 4 is 34.2 Å². The highest BCUT2D eigenvalue weighted by Gasteiger charge is 2.29. The molecule has 0 spiro atoms. The van der Waals surface area contributed by atoms with Crippen LogP contribution < -0.4 is 9.75 Å². The maximum atomic E-state index is 13.2. The summed E-state index contributed by atoms with van der Waals surface area (Å²) in [5, 5.41) is 7.92. The van der Waals surface area contributed by atoms with Gasteiger partial charge in [0.05, 0.1) is 17.0 Å². The van der Waals surface area contributed by atoms with Crippen molar-refractivity contribution in [1.82, 2.24) is 0 Å². The molecule has 0 bridgehead atoms. The molecular formula is C28H21FN2O2. The Morgan fingerprint density at radius 2 is 1.64 bits per heavy atom. The van der Waals surface area contributed by atoms with E-state index in [-0.39, 0.29) is 18.3 Å². The number of carbonyl (C=O) groups is 1. The monoisotopic (exact) mass is 436 g/mol. The van der Waals surface area contributed by atoms with Crippen LogP contribution in [0.15, 0.2) is 102 Å². The molecule has 1 amide bonds. The number of rotatable bonds is 5. The lowest BCUT2D eigenvalue weighted by atomic mass is 9.99. The predicted molar refractivity (Wildman–Crippen MR) is 130 cm³/mol. The third-order valence-electron chi connectivity index (χ3n) is 5.59. The number of fused-ring (bicyclic) bond motifs is 1. The Bertz CT molecular complexity index is 1390. The molecule has 0 radical (unpaired) electrons. The van der Waals surface area contributed by atoms with Gasteiger partial charge in [0.1, 0.15) is 18.2 Å². The second-order valence-corrected chi connectivity index (χ2v) is 7.81. The van der Waals surface area contributed by atoms with Crippen LogP contribution in [0, 0.1) is 5.82 Å². The Labute approximate surface area is 191 Å². The first-order chi connectivity index (χ1) is 16.1. The van der Waals surface area contributed by atoms with Crippen molar-refractivity contribution < 1.29 is 13.9 Å². The number of hydrogen-bond acceptors (Lipinski definition) is 3. The highest BCUT2D eigenvalue weighted by atomic mass is 19.1. The van der Waals surface area contributed by atoms with Crippen LogP contribution in [0.25, 0.3) is 16.8 Å². The molecule has 0 unspecified atom stereocenters. The summed E-state index contributed by atoms with van der Waals surface area (Å²) >= 11 is 0. The fourth-order valence-corrected chi connectivity index (χ4v) is 3.86. The van der Waals surface area contributed by atoms with Gasteiger partial charge < -0.3 is 4.74 Å². The average Bonchev–Trinajstić information content (AvgIpc) is 3.13. The number of nitrogens with zero attached hydrogens (tertiary/aromatic N) is 2. The molecule has 33 heavy (non-hydrogen) atoms. The Hall–Kier alpha value is -4.25. The molecule has 0 saturated carbocycles. The van der Waals surface area contributed by atoms with Crippen LogP contribution >= 0.6 is 0 Å². The summed E-state index contributed by atoms with van der Waals surface area (Å²) in [7, 11) is 0. The number of hydrogen-bond donors (Lipinski definition) is 0. The van der Waals surface area contributed by atoms with E-state index >= 15 is 0 Å². The normalized spacial score (nSPS) is 14.7. The Balaban J connectivity index is 1.54. The van der Waals surface area contributed by atoms with Gasteiger partial charge in [-0.1, -0.05) is 60.7 Å². The average molecular weight is 436 g/mol. The van der Waals surface area contributed by atoms with E-state index < -0.39 is 0 Å². The van der Waals surface area contributed by atoms with Gasteiger partial charge in [0.2, 0.25) is 0 Å². The van der Waals surface area contributed by atoms with E-state index in [2.05, 4.69) is 5.10 Å². The van der Waals surface area contributed by atoms with Crippen molar-refractivity contribution in [1.29, 1.82) is 0 Å². The van der Waals surface area contributed by atoms with E-state index in [0.717, 1.165) is 27.6 Å². The summed E-state index contributed by atoms with van der Waals surface area (Å²) in [5.41, 5.74) is 3.54. The zero-order valence-corrected chi connectivity index (χ0v) is 18.0. The topological polar surface area (TPSA) is 41.9 Å². The summed E-state index contributed by atoms with van der Waals surface area (Å²) in [6.45, 7) is 2.11. The Kier molecular flexibility index (Phi) is 5.45. The van der Waals surface area contributed by atoms with Crippen LogP contribution in [-0.2, 0) is 11.4 Å². The minimum Gasteiger partial charge on any atom is -0.488 e. The number of anilines is 1. The number of para-hydroxylation sites is 1. The zero-order valence-electron chi connectivity index (χ0n) is 18.0. The second-order valence-electron chi connectivity index (χ2n) is 7.81. The van der Waals surface area contributed by atoms with E-state index in [1.807, 2.05) is 79.7 Å². The quantitative estimate of drug-likeness (QED) is 0.342. The largest absolute Gasteiger partial charge is 0.488 e. The third kappa shape index (κ3) is 4.13. The fraction of sp³-hybridized carbons (Fsp3) is 0.0714. The van der Waals surface area contributed by atoms with E-state index in [4.69, 9.17) is 4.74 Å². The van der Waals surface area contributed by atoms with Crippen LogP contribution in [-0.4, -0.2) is 11.6 Å². The summed E-state index contributed by atoms with van der Waals surface area (Å²) in [6, 6.07) is 27.4. The molecule has 1 heterocycles. The molecule has 0 N–H and O–H groups in total. The van der Waals surface area contributed by atoms with E-state index in [0.29, 0.717) is 17.0 Å². The van der Waals surface area contributed by atoms with Gasteiger partial charge in [-0.3, -0.25) is 4.79 Å². The maximum absolute atomic E-state index is 13.2. The highest BCUT2D eigenvalue weighted by molar-refractivity contribution is 6.32. The van der Waals surface area contributed by atoms with Gasteiger partial charge in [0.25, 0.3) is 5.91 Å². The van der Waals surface area contributed by atoms with Gasteiger partial charge in [-0.15, -0.1) is 0 Å². The number of amides is 1. The molecule has 0 aromatic heterocycles. The minimum atomic E-state index is -0.285. The first kappa shape index (κ1) is 20.6. The van der Waals surface area contributed by atoms with Crippen molar-refractivity contribution in [2.45, 2.75) is 13.5 Å². The molecule has 1 aliphatic heterocycles. The number of ether oxygens (including phenoxy) is 1. The molecule has 162 valence electrons. The molecule has 0 fully saturated rings. The first-order valence-electron chi connectivity index (χ1n) is 10.7. The van der Waals surface area contributed by atoms with Crippen molar-refractivity contribution in [2.24, 2.45) is 5.10 Å². The van der Waals surface area contributed by atoms with Gasteiger partial charge in [-0.2, -0.15) is 10.1 Å². The van der Waals surface area contributed by atoms with Crippen LogP contribution in [0.3, 0.4) is 0 Å². The van der Waals surface area contributed by atoms with Gasteiger partial charge in [-0.25, -0.2) is 4.39 Å². The number of benzene rings is 4. The molecule has 4 aromatic rings. The number of hydrazone groups is 1. The first-order valence-corrected chi connectivity index (χ1v) is 10.7. The molecule has 0 aliphatic carbocycles. The van der Waals surface area contributed by atoms with Crippen LogP contribution in [0.2, 0.25) is 0 Å². The lowest BCUT2D eigenvalue weighted by molar-refractivity contribution is -0.114. The zero-order chi connectivity index (χ0) is 22.8. The molecule has 4 aromatic carbocycles. The van der Waals surface area contributed by atoms with Gasteiger partial charge in [0.15, 0.2) is 0 Å². The summed E-state index contributed by atoms with van der Waals surface area (Å²) in [4.78, 5) is 13.2. The highest BCUT2D eigenvalue weighted by Crippen LogP contribution is 2.33. The molecule has 0 saturated heterocycles. The fourth-order valence-electron chi connectivity index (χ4n) is 3.86. The van der Waals surface area contributed by atoms with E-state index in [1.165, 1.54) is 17.1 Å². The van der Waals surface area contributed by atoms with Gasteiger partial charge in [0, 0.05) is 5.56 Å². The molecule has 5 rings (SSSR count). The van der Waals surface area contributed by atoms with Crippen LogP contribution in [0.1, 0.15) is 18.1 Å². The van der Waals surface area contributed by atoms with Gasteiger partial charge >= 0.3 is 0 Å². The lowest BCUT2D eigenvalue weighted by Gasteiger charge is -2.14. The van der Waals surface area contributed by atoms with Crippen molar-refractivity contribution in [3.8, 4) is 5.75 Å². The van der Waals surface area contributed by atoms with Crippen LogP contribution in [0.4, 0.5) is 10.1 Å². The van der Waals surface area contributed by atoms with Crippen molar-refractivity contribution in [2.75, 3.05) is 5.01 Å². The summed E-state index contributed by atoms with van der Waals surface area (Å²) in [6.07, 6.45) is 1.85. The maximum Gasteiger partial charge on any atom is 0.280 e. The van der Waals surface area contributed by atoms with Crippen LogP contribution in [0.5, 0.6) is 5.75 Å². The van der Waals surface area contributed by atoms with Crippen molar-refractivity contribution in [3.63, 3.8) is 0 Å². The number of halogens is 1. The third-order valence-corrected chi connectivity index (χ3v) is 5.59. The lowest BCUT2D eigenvalue weighted by Crippen LogP contribution is -2.21. The summed E-state index contributed by atoms with van der Waals surface area (Å²) in [5.74, 6) is 0.174. The second kappa shape index (κ2) is 8.71. The summed E-state index contributed by atoms with van der Waals surface area (Å²) < 4.78 is 19.4. The standard InChI is InChI=1S/C28H21FN2O2/c1-19-25(28(32)31(30-19)23-8-3-2-4-9-23)17-26-24-10-6-5-7-21(24)13-16-27(26)33-18-20-11-14-22(29)15-12-20/h2-17H,18H2,1H3/b25-17+. The Morgan fingerprint density at radius 1 is 0.909 bits per heavy atom.